The summed E-state index contributed by atoms with van der Waals surface area (Å²) < 4.78 is 25.8. The van der Waals surface area contributed by atoms with Gasteiger partial charge in [-0.1, -0.05) is 6.07 Å². The number of benzene rings is 1. The molecule has 1 aromatic heterocycles. The summed E-state index contributed by atoms with van der Waals surface area (Å²) in [6, 6.07) is 5.73. The van der Waals surface area contributed by atoms with Crippen molar-refractivity contribution in [2.24, 2.45) is 7.05 Å². The fourth-order valence-electron chi connectivity index (χ4n) is 2.69. The number of sulfone groups is 1. The molecule has 3 rings (SSSR count). The van der Waals surface area contributed by atoms with E-state index in [1.807, 2.05) is 29.4 Å². The van der Waals surface area contributed by atoms with Gasteiger partial charge in [-0.15, -0.1) is 0 Å². The van der Waals surface area contributed by atoms with E-state index in [1.165, 1.54) is 6.26 Å². The highest BCUT2D eigenvalue weighted by molar-refractivity contribution is 7.99. The van der Waals surface area contributed by atoms with Crippen LogP contribution in [0.15, 0.2) is 23.1 Å². The molecule has 1 atom stereocenters. The Hall–Kier alpha value is -1.05. The average molecular weight is 325 g/mol. The van der Waals surface area contributed by atoms with Gasteiger partial charge in [0.05, 0.1) is 10.4 Å². The SMILES string of the molecule is Cn1c(CC2CSCCN2)nc2c(S(C)(=O)=O)cccc21. The average Bonchev–Trinajstić information content (AvgIpc) is 2.76. The van der Waals surface area contributed by atoms with E-state index in [0.29, 0.717) is 16.5 Å². The third kappa shape index (κ3) is 2.95. The quantitative estimate of drug-likeness (QED) is 0.919. The third-order valence-electron chi connectivity index (χ3n) is 3.79. The summed E-state index contributed by atoms with van der Waals surface area (Å²) in [5.41, 5.74) is 1.46. The number of fused-ring (bicyclic) bond motifs is 1. The van der Waals surface area contributed by atoms with Gasteiger partial charge in [-0.25, -0.2) is 13.4 Å². The van der Waals surface area contributed by atoms with Crippen molar-refractivity contribution in [3.8, 4) is 0 Å². The van der Waals surface area contributed by atoms with E-state index in [1.54, 1.807) is 12.1 Å². The van der Waals surface area contributed by atoms with Gasteiger partial charge in [0, 0.05) is 43.8 Å². The van der Waals surface area contributed by atoms with Crippen LogP contribution in [0.4, 0.5) is 0 Å². The van der Waals surface area contributed by atoms with Gasteiger partial charge in [0.25, 0.3) is 0 Å². The predicted molar refractivity (Wildman–Crippen MR) is 86.6 cm³/mol. The van der Waals surface area contributed by atoms with Crippen LogP contribution in [-0.2, 0) is 23.3 Å². The van der Waals surface area contributed by atoms with Gasteiger partial charge in [-0.3, -0.25) is 0 Å². The molecule has 1 N–H and O–H groups in total. The number of nitrogens with one attached hydrogen (secondary N) is 1. The molecule has 2 aromatic rings. The van der Waals surface area contributed by atoms with Crippen molar-refractivity contribution in [3.05, 3.63) is 24.0 Å². The van der Waals surface area contributed by atoms with Crippen LogP contribution in [0.1, 0.15) is 5.82 Å². The zero-order valence-corrected chi connectivity index (χ0v) is 13.8. The molecular weight excluding hydrogens is 306 g/mol. The minimum absolute atomic E-state index is 0.313. The van der Waals surface area contributed by atoms with Gasteiger partial charge in [0.15, 0.2) is 9.84 Å². The summed E-state index contributed by atoms with van der Waals surface area (Å²) in [6.07, 6.45) is 2.05. The summed E-state index contributed by atoms with van der Waals surface area (Å²) in [5.74, 6) is 3.15. The summed E-state index contributed by atoms with van der Waals surface area (Å²) in [7, 11) is -1.31. The van der Waals surface area contributed by atoms with Crippen LogP contribution in [0.25, 0.3) is 11.0 Å². The summed E-state index contributed by atoms with van der Waals surface area (Å²) in [4.78, 5) is 4.92. The Labute approximate surface area is 129 Å². The topological polar surface area (TPSA) is 64.0 Å². The first-order valence-electron chi connectivity index (χ1n) is 6.92. The molecule has 1 aliphatic rings. The van der Waals surface area contributed by atoms with Crippen molar-refractivity contribution in [2.45, 2.75) is 17.4 Å². The lowest BCUT2D eigenvalue weighted by Crippen LogP contribution is -2.39. The standard InChI is InChI=1S/C14H19N3O2S2/c1-17-11-4-3-5-12(21(2,18)19)14(11)16-13(17)8-10-9-20-7-6-15-10/h3-5,10,15H,6-9H2,1-2H3. The fraction of sp³-hybridized carbons (Fsp3) is 0.500. The van der Waals surface area contributed by atoms with Gasteiger partial charge < -0.3 is 9.88 Å². The molecule has 0 spiro atoms. The minimum Gasteiger partial charge on any atom is -0.331 e. The molecule has 0 aliphatic carbocycles. The lowest BCUT2D eigenvalue weighted by atomic mass is 10.2. The molecular formula is C14H19N3O2S2. The highest BCUT2D eigenvalue weighted by Crippen LogP contribution is 2.24. The van der Waals surface area contributed by atoms with Crippen LogP contribution in [0, 0.1) is 0 Å². The van der Waals surface area contributed by atoms with Crippen LogP contribution in [0.2, 0.25) is 0 Å². The normalized spacial score (nSPS) is 20.0. The van der Waals surface area contributed by atoms with E-state index >= 15 is 0 Å². The molecule has 2 heterocycles. The third-order valence-corrected chi connectivity index (χ3v) is 6.05. The molecule has 1 unspecified atom stereocenters. The number of nitrogens with zero attached hydrogens (tertiary/aromatic N) is 2. The van der Waals surface area contributed by atoms with Crippen LogP contribution in [-0.4, -0.2) is 48.3 Å². The number of thioether (sulfide) groups is 1. The zero-order chi connectivity index (χ0) is 15.0. The van der Waals surface area contributed by atoms with Crippen LogP contribution in [0.3, 0.4) is 0 Å². The van der Waals surface area contributed by atoms with Crippen molar-refractivity contribution >= 4 is 32.6 Å². The largest absolute Gasteiger partial charge is 0.331 e. The second kappa shape index (κ2) is 5.62. The highest BCUT2D eigenvalue weighted by Gasteiger charge is 2.20. The summed E-state index contributed by atoms with van der Waals surface area (Å²) in [6.45, 7) is 1.02. The van der Waals surface area contributed by atoms with E-state index in [2.05, 4.69) is 10.3 Å². The number of imidazole rings is 1. The van der Waals surface area contributed by atoms with E-state index in [4.69, 9.17) is 0 Å². The van der Waals surface area contributed by atoms with Gasteiger partial charge in [-0.2, -0.15) is 11.8 Å². The molecule has 0 amide bonds. The number of aromatic nitrogens is 2. The second-order valence-electron chi connectivity index (χ2n) is 5.41. The lowest BCUT2D eigenvalue weighted by molar-refractivity contribution is 0.543. The Balaban J connectivity index is 2.03. The Morgan fingerprint density at radius 2 is 2.29 bits per heavy atom. The molecule has 0 bridgehead atoms. The molecule has 21 heavy (non-hydrogen) atoms. The molecule has 1 saturated heterocycles. The number of hydrogen-bond donors (Lipinski definition) is 1. The number of hydrogen-bond acceptors (Lipinski definition) is 5. The molecule has 1 aliphatic heterocycles. The smallest absolute Gasteiger partial charge is 0.177 e. The first-order chi connectivity index (χ1) is 9.97. The first kappa shape index (κ1) is 14.9. The Morgan fingerprint density at radius 3 is 2.95 bits per heavy atom. The maximum Gasteiger partial charge on any atom is 0.177 e. The minimum atomic E-state index is -3.26. The zero-order valence-electron chi connectivity index (χ0n) is 12.2. The highest BCUT2D eigenvalue weighted by atomic mass is 32.2. The number of para-hydroxylation sites is 1. The predicted octanol–water partition coefficient (Wildman–Crippen LogP) is 1.22. The maximum atomic E-state index is 11.9. The Bertz CT molecular complexity index is 762. The van der Waals surface area contributed by atoms with Gasteiger partial charge in [0.2, 0.25) is 0 Å². The Kier molecular flexibility index (Phi) is 3.98. The van der Waals surface area contributed by atoms with Gasteiger partial charge >= 0.3 is 0 Å². The van der Waals surface area contributed by atoms with Gasteiger partial charge in [0.1, 0.15) is 11.3 Å². The Morgan fingerprint density at radius 1 is 1.48 bits per heavy atom. The molecule has 7 heteroatoms. The molecule has 0 saturated carbocycles. The van der Waals surface area contributed by atoms with Crippen molar-refractivity contribution in [2.75, 3.05) is 24.3 Å². The van der Waals surface area contributed by atoms with E-state index in [-0.39, 0.29) is 0 Å². The molecule has 114 valence electrons. The van der Waals surface area contributed by atoms with E-state index < -0.39 is 9.84 Å². The number of rotatable bonds is 3. The van der Waals surface area contributed by atoms with Crippen LogP contribution < -0.4 is 5.32 Å². The van der Waals surface area contributed by atoms with Crippen LogP contribution >= 0.6 is 11.8 Å². The van der Waals surface area contributed by atoms with Crippen molar-refractivity contribution in [3.63, 3.8) is 0 Å². The van der Waals surface area contributed by atoms with Crippen molar-refractivity contribution in [1.82, 2.24) is 14.9 Å². The van der Waals surface area contributed by atoms with E-state index in [9.17, 15) is 8.42 Å². The van der Waals surface area contributed by atoms with Crippen LogP contribution in [0.5, 0.6) is 0 Å². The molecule has 1 fully saturated rings. The van der Waals surface area contributed by atoms with Crippen molar-refractivity contribution < 1.29 is 8.42 Å². The molecule has 5 nitrogen and oxygen atoms in total. The second-order valence-corrected chi connectivity index (χ2v) is 8.55. The lowest BCUT2D eigenvalue weighted by Gasteiger charge is -2.22. The first-order valence-corrected chi connectivity index (χ1v) is 9.97. The summed E-state index contributed by atoms with van der Waals surface area (Å²) >= 11 is 1.95. The monoisotopic (exact) mass is 325 g/mol. The van der Waals surface area contributed by atoms with Gasteiger partial charge in [-0.05, 0) is 12.1 Å². The molecule has 0 radical (unpaired) electrons. The fourth-order valence-corrected chi connectivity index (χ4v) is 4.47. The van der Waals surface area contributed by atoms with Crippen molar-refractivity contribution in [1.29, 1.82) is 0 Å². The molecule has 1 aromatic carbocycles. The number of aryl methyl sites for hydroxylation is 1. The van der Waals surface area contributed by atoms with E-state index in [0.717, 1.165) is 35.8 Å². The maximum absolute atomic E-state index is 11.9. The summed E-state index contributed by atoms with van der Waals surface area (Å²) in [5, 5.41) is 3.49.